The summed E-state index contributed by atoms with van der Waals surface area (Å²) < 4.78 is 20.7. The normalized spacial score (nSPS) is 17.5. The Labute approximate surface area is 103 Å². The summed E-state index contributed by atoms with van der Waals surface area (Å²) in [5, 5.41) is 0.879. The van der Waals surface area contributed by atoms with Gasteiger partial charge in [-0.15, -0.1) is 11.8 Å². The van der Waals surface area contributed by atoms with Crippen molar-refractivity contribution in [1.29, 1.82) is 0 Å². The second kappa shape index (κ2) is 5.75. The van der Waals surface area contributed by atoms with Crippen molar-refractivity contribution in [3.05, 3.63) is 11.8 Å². The Balaban J connectivity index is 2.13. The lowest BCUT2D eigenvalue weighted by atomic mass is 10.1. The lowest BCUT2D eigenvalue weighted by Crippen LogP contribution is -2.25. The van der Waals surface area contributed by atoms with E-state index in [1.165, 1.54) is 29.1 Å². The molecule has 0 aromatic carbocycles. The Morgan fingerprint density at radius 3 is 3.19 bits per heavy atom. The molecule has 2 heterocycles. The van der Waals surface area contributed by atoms with Crippen molar-refractivity contribution < 1.29 is 4.39 Å². The highest BCUT2D eigenvalue weighted by atomic mass is 32.2. The molecular formula is C10H14FN3S2. The fourth-order valence-electron chi connectivity index (χ4n) is 1.67. The second-order valence-electron chi connectivity index (χ2n) is 3.71. The van der Waals surface area contributed by atoms with Crippen LogP contribution in [0.15, 0.2) is 11.1 Å². The van der Waals surface area contributed by atoms with Crippen molar-refractivity contribution in [3.8, 4) is 0 Å². The molecule has 0 spiro atoms. The van der Waals surface area contributed by atoms with E-state index in [9.17, 15) is 4.39 Å². The lowest BCUT2D eigenvalue weighted by Gasteiger charge is -2.22. The third kappa shape index (κ3) is 2.81. The van der Waals surface area contributed by atoms with Crippen LogP contribution in [0.2, 0.25) is 0 Å². The Bertz CT molecular complexity index is 378. The van der Waals surface area contributed by atoms with E-state index >= 15 is 0 Å². The molecule has 6 heteroatoms. The second-order valence-corrected chi connectivity index (χ2v) is 5.32. The van der Waals surface area contributed by atoms with Crippen LogP contribution in [0.1, 0.15) is 12.1 Å². The van der Waals surface area contributed by atoms with Crippen LogP contribution < -0.4 is 0 Å². The van der Waals surface area contributed by atoms with Crippen LogP contribution in [-0.2, 0) is 0 Å². The molecule has 0 fully saturated rings. The lowest BCUT2D eigenvalue weighted by molar-refractivity contribution is 0.372. The standard InChI is InChI=1S/C10H14FN3S2/c1-14-5-2-3-8(7-14)9-10(13-16-12-9)15-6-4-11/h3H,2,4-7H2,1H3. The predicted octanol–water partition coefficient (Wildman–Crippen LogP) is 2.32. The molecule has 2 rings (SSSR count). The number of hydrogen-bond acceptors (Lipinski definition) is 5. The van der Waals surface area contributed by atoms with Gasteiger partial charge in [0.05, 0.1) is 18.4 Å². The Hall–Kier alpha value is -0.460. The van der Waals surface area contributed by atoms with Crippen LogP contribution in [0.4, 0.5) is 4.39 Å². The summed E-state index contributed by atoms with van der Waals surface area (Å²) in [6.07, 6.45) is 3.27. The largest absolute Gasteiger partial charge is 0.302 e. The number of thioether (sulfide) groups is 1. The van der Waals surface area contributed by atoms with Crippen molar-refractivity contribution in [3.63, 3.8) is 0 Å². The molecule has 0 saturated heterocycles. The van der Waals surface area contributed by atoms with Gasteiger partial charge >= 0.3 is 0 Å². The van der Waals surface area contributed by atoms with Gasteiger partial charge < -0.3 is 4.90 Å². The highest BCUT2D eigenvalue weighted by molar-refractivity contribution is 7.99. The van der Waals surface area contributed by atoms with Gasteiger partial charge in [0.15, 0.2) is 0 Å². The fourth-order valence-corrected chi connectivity index (χ4v) is 3.11. The van der Waals surface area contributed by atoms with Crippen LogP contribution in [0.3, 0.4) is 0 Å². The van der Waals surface area contributed by atoms with Gasteiger partial charge in [-0.1, -0.05) is 6.08 Å². The summed E-state index contributed by atoms with van der Waals surface area (Å²) in [6, 6.07) is 0. The molecule has 1 aromatic heterocycles. The highest BCUT2D eigenvalue weighted by Crippen LogP contribution is 2.28. The van der Waals surface area contributed by atoms with Crippen molar-refractivity contribution in [1.82, 2.24) is 13.6 Å². The van der Waals surface area contributed by atoms with Gasteiger partial charge in [-0.2, -0.15) is 8.75 Å². The summed E-state index contributed by atoms with van der Waals surface area (Å²) in [4.78, 5) is 2.26. The minimum Gasteiger partial charge on any atom is -0.302 e. The predicted molar refractivity (Wildman–Crippen MR) is 66.7 cm³/mol. The number of alkyl halides is 1. The van der Waals surface area contributed by atoms with E-state index < -0.39 is 0 Å². The summed E-state index contributed by atoms with van der Waals surface area (Å²) in [7, 11) is 2.10. The maximum Gasteiger partial charge on any atom is 0.138 e. The first-order valence-electron chi connectivity index (χ1n) is 5.20. The zero-order chi connectivity index (χ0) is 11.4. The SMILES string of the molecule is CN1CCC=C(c2nsnc2SCCF)C1. The van der Waals surface area contributed by atoms with E-state index in [0.29, 0.717) is 5.75 Å². The van der Waals surface area contributed by atoms with Crippen molar-refractivity contribution in [2.75, 3.05) is 32.6 Å². The van der Waals surface area contributed by atoms with Crippen LogP contribution in [-0.4, -0.2) is 46.2 Å². The van der Waals surface area contributed by atoms with Crippen LogP contribution in [0.5, 0.6) is 0 Å². The van der Waals surface area contributed by atoms with Gasteiger partial charge in [-0.05, 0) is 19.0 Å². The molecular weight excluding hydrogens is 245 g/mol. The molecule has 0 aliphatic carbocycles. The average molecular weight is 259 g/mol. The molecule has 1 aliphatic heterocycles. The molecule has 0 N–H and O–H groups in total. The van der Waals surface area contributed by atoms with Crippen LogP contribution in [0.25, 0.3) is 5.57 Å². The number of hydrogen-bond donors (Lipinski definition) is 0. The van der Waals surface area contributed by atoms with Crippen LogP contribution in [0, 0.1) is 0 Å². The van der Waals surface area contributed by atoms with Crippen LogP contribution >= 0.6 is 23.5 Å². The topological polar surface area (TPSA) is 29.0 Å². The van der Waals surface area contributed by atoms with Gasteiger partial charge in [0.2, 0.25) is 0 Å². The average Bonchev–Trinajstić information content (AvgIpc) is 2.74. The van der Waals surface area contributed by atoms with Gasteiger partial charge in [0.1, 0.15) is 10.7 Å². The first-order valence-corrected chi connectivity index (χ1v) is 6.92. The third-order valence-corrected chi connectivity index (χ3v) is 3.98. The van der Waals surface area contributed by atoms with Gasteiger partial charge in [-0.25, -0.2) is 0 Å². The Morgan fingerprint density at radius 2 is 2.44 bits per heavy atom. The van der Waals surface area contributed by atoms with Gasteiger partial charge in [0, 0.05) is 18.8 Å². The molecule has 88 valence electrons. The quantitative estimate of drug-likeness (QED) is 0.776. The highest BCUT2D eigenvalue weighted by Gasteiger charge is 2.17. The number of aromatic nitrogens is 2. The molecule has 1 aliphatic rings. The number of halogens is 1. The Morgan fingerprint density at radius 1 is 1.56 bits per heavy atom. The zero-order valence-electron chi connectivity index (χ0n) is 9.15. The zero-order valence-corrected chi connectivity index (χ0v) is 10.8. The molecule has 0 atom stereocenters. The van der Waals surface area contributed by atoms with E-state index in [4.69, 9.17) is 0 Å². The fraction of sp³-hybridized carbons (Fsp3) is 0.600. The molecule has 0 amide bonds. The van der Waals surface area contributed by atoms with Gasteiger partial charge in [-0.3, -0.25) is 4.39 Å². The number of likely N-dealkylation sites (N-methyl/N-ethyl adjacent to an activating group) is 1. The summed E-state index contributed by atoms with van der Waals surface area (Å²) >= 11 is 2.66. The minimum absolute atomic E-state index is 0.319. The molecule has 0 unspecified atom stereocenters. The maximum absolute atomic E-state index is 12.1. The van der Waals surface area contributed by atoms with E-state index in [-0.39, 0.29) is 6.67 Å². The van der Waals surface area contributed by atoms with E-state index in [0.717, 1.165) is 30.2 Å². The van der Waals surface area contributed by atoms with Crippen molar-refractivity contribution in [2.24, 2.45) is 0 Å². The summed E-state index contributed by atoms with van der Waals surface area (Å²) in [5.74, 6) is 0.460. The first-order chi connectivity index (χ1) is 7.81. The Kier molecular flexibility index (Phi) is 4.31. The molecule has 1 aromatic rings. The third-order valence-electron chi connectivity index (χ3n) is 2.42. The van der Waals surface area contributed by atoms with E-state index in [1.54, 1.807) is 0 Å². The maximum atomic E-state index is 12.1. The van der Waals surface area contributed by atoms with Crippen molar-refractivity contribution in [2.45, 2.75) is 11.4 Å². The molecule has 16 heavy (non-hydrogen) atoms. The van der Waals surface area contributed by atoms with Gasteiger partial charge in [0.25, 0.3) is 0 Å². The molecule has 3 nitrogen and oxygen atoms in total. The summed E-state index contributed by atoms with van der Waals surface area (Å²) in [6.45, 7) is 1.68. The first kappa shape index (κ1) is 12.0. The van der Waals surface area contributed by atoms with Crippen molar-refractivity contribution >= 4 is 29.1 Å². The molecule has 0 bridgehead atoms. The number of rotatable bonds is 4. The number of nitrogens with zero attached hydrogens (tertiary/aromatic N) is 3. The smallest absolute Gasteiger partial charge is 0.138 e. The minimum atomic E-state index is -0.319. The summed E-state index contributed by atoms with van der Waals surface area (Å²) in [5.41, 5.74) is 2.18. The van der Waals surface area contributed by atoms with E-state index in [1.807, 2.05) is 0 Å². The molecule has 0 radical (unpaired) electrons. The van der Waals surface area contributed by atoms with E-state index in [2.05, 4.69) is 26.8 Å². The monoisotopic (exact) mass is 259 g/mol. The molecule has 0 saturated carbocycles.